The molecule has 2 N–H and O–H groups in total. The van der Waals surface area contributed by atoms with Crippen LogP contribution in [-0.2, 0) is 5.41 Å². The Kier molecular flexibility index (Phi) is 4.94. The van der Waals surface area contributed by atoms with Crippen molar-refractivity contribution in [1.82, 2.24) is 0 Å². The second-order valence-corrected chi connectivity index (χ2v) is 6.58. The quantitative estimate of drug-likeness (QED) is 0.671. The maximum atomic E-state index is 12.0. The van der Waals surface area contributed by atoms with Gasteiger partial charge in [-0.05, 0) is 47.5 Å². The van der Waals surface area contributed by atoms with Gasteiger partial charge < -0.3 is 9.84 Å². The number of rotatable bonds is 4. The Hall–Kier alpha value is -3.27. The summed E-state index contributed by atoms with van der Waals surface area (Å²) in [6.07, 6.45) is -0.531. The molecule has 0 saturated heterocycles. The molecule has 132 valence electrons. The van der Waals surface area contributed by atoms with Crippen molar-refractivity contribution < 1.29 is 14.6 Å². The Labute approximate surface area is 153 Å². The van der Waals surface area contributed by atoms with E-state index < -0.39 is 6.09 Å². The molecule has 3 rings (SSSR count). The second kappa shape index (κ2) is 7.31. The van der Waals surface area contributed by atoms with E-state index in [1.54, 1.807) is 36.4 Å². The topological polar surface area (TPSA) is 58.6 Å². The number of anilines is 1. The Balaban J connectivity index is 1.71. The average molecular weight is 347 g/mol. The predicted molar refractivity (Wildman–Crippen MR) is 103 cm³/mol. The van der Waals surface area contributed by atoms with E-state index in [2.05, 4.69) is 19.2 Å². The van der Waals surface area contributed by atoms with Crippen molar-refractivity contribution >= 4 is 11.8 Å². The number of hydrogen-bond donors (Lipinski definition) is 2. The number of nitrogens with one attached hydrogen (secondary N) is 1. The van der Waals surface area contributed by atoms with Crippen molar-refractivity contribution in [2.24, 2.45) is 0 Å². The van der Waals surface area contributed by atoms with Crippen LogP contribution in [0.25, 0.3) is 0 Å². The van der Waals surface area contributed by atoms with Crippen LogP contribution >= 0.6 is 0 Å². The van der Waals surface area contributed by atoms with Crippen molar-refractivity contribution in [3.05, 3.63) is 90.0 Å². The first kappa shape index (κ1) is 17.5. The third kappa shape index (κ3) is 4.03. The molecule has 1 amide bonds. The number of hydrogen-bond acceptors (Lipinski definition) is 3. The number of benzene rings is 3. The minimum absolute atomic E-state index is 0.248. The number of phenolic OH excluding ortho intramolecular Hbond substituents is 1. The molecule has 0 unspecified atom stereocenters. The van der Waals surface area contributed by atoms with Crippen LogP contribution in [0.2, 0.25) is 0 Å². The molecular formula is C22H21NO3. The van der Waals surface area contributed by atoms with Gasteiger partial charge in [-0.2, -0.15) is 0 Å². The number of carbonyl (C=O) groups is 1. The average Bonchev–Trinajstić information content (AvgIpc) is 2.63. The molecule has 0 radical (unpaired) electrons. The van der Waals surface area contributed by atoms with Gasteiger partial charge in [0, 0.05) is 11.1 Å². The van der Waals surface area contributed by atoms with Gasteiger partial charge in [-0.25, -0.2) is 4.79 Å². The van der Waals surface area contributed by atoms with E-state index >= 15 is 0 Å². The summed E-state index contributed by atoms with van der Waals surface area (Å²) in [6.45, 7) is 4.18. The first-order valence-corrected chi connectivity index (χ1v) is 8.39. The Morgan fingerprint density at radius 1 is 0.885 bits per heavy atom. The summed E-state index contributed by atoms with van der Waals surface area (Å²) < 4.78 is 5.22. The zero-order chi connectivity index (χ0) is 18.6. The molecule has 4 heteroatoms. The fourth-order valence-electron chi connectivity index (χ4n) is 2.77. The molecule has 0 spiro atoms. The lowest BCUT2D eigenvalue weighted by Gasteiger charge is -2.26. The summed E-state index contributed by atoms with van der Waals surface area (Å²) in [7, 11) is 0. The monoisotopic (exact) mass is 347 g/mol. The standard InChI is InChI=1S/C22H21NO3/c1-22(2,17-7-6-8-19(24)15-17)16-11-13-18(14-12-16)23-21(25)26-20-9-4-3-5-10-20/h3-15,24H,1-2H3,(H,23,25). The van der Waals surface area contributed by atoms with Crippen LogP contribution < -0.4 is 10.1 Å². The minimum atomic E-state index is -0.531. The maximum absolute atomic E-state index is 12.0. The first-order valence-electron chi connectivity index (χ1n) is 8.39. The van der Waals surface area contributed by atoms with E-state index in [9.17, 15) is 9.90 Å². The van der Waals surface area contributed by atoms with Crippen LogP contribution in [0.5, 0.6) is 11.5 Å². The van der Waals surface area contributed by atoms with Crippen LogP contribution in [0.4, 0.5) is 10.5 Å². The Morgan fingerprint density at radius 2 is 1.58 bits per heavy atom. The van der Waals surface area contributed by atoms with Crippen molar-refractivity contribution in [1.29, 1.82) is 0 Å². The molecule has 3 aromatic carbocycles. The fourth-order valence-corrected chi connectivity index (χ4v) is 2.77. The number of aromatic hydroxyl groups is 1. The van der Waals surface area contributed by atoms with E-state index in [1.165, 1.54) is 0 Å². The highest BCUT2D eigenvalue weighted by Crippen LogP contribution is 2.33. The summed E-state index contributed by atoms with van der Waals surface area (Å²) in [4.78, 5) is 12.0. The zero-order valence-corrected chi connectivity index (χ0v) is 14.8. The van der Waals surface area contributed by atoms with Gasteiger partial charge in [-0.15, -0.1) is 0 Å². The van der Waals surface area contributed by atoms with Gasteiger partial charge in [0.25, 0.3) is 0 Å². The summed E-state index contributed by atoms with van der Waals surface area (Å²) in [5, 5.41) is 12.4. The highest BCUT2D eigenvalue weighted by atomic mass is 16.6. The van der Waals surface area contributed by atoms with Gasteiger partial charge in [0.1, 0.15) is 11.5 Å². The van der Waals surface area contributed by atoms with Gasteiger partial charge in [0.2, 0.25) is 0 Å². The molecule has 0 atom stereocenters. The minimum Gasteiger partial charge on any atom is -0.508 e. The van der Waals surface area contributed by atoms with Crippen molar-refractivity contribution in [2.45, 2.75) is 19.3 Å². The molecule has 0 aromatic heterocycles. The Morgan fingerprint density at radius 3 is 2.23 bits per heavy atom. The van der Waals surface area contributed by atoms with Crippen LogP contribution in [0, 0.1) is 0 Å². The lowest BCUT2D eigenvalue weighted by atomic mass is 9.78. The number of amides is 1. The van der Waals surface area contributed by atoms with E-state index in [0.29, 0.717) is 11.4 Å². The second-order valence-electron chi connectivity index (χ2n) is 6.58. The SMILES string of the molecule is CC(C)(c1ccc(NC(=O)Oc2ccccc2)cc1)c1cccc(O)c1. The smallest absolute Gasteiger partial charge is 0.417 e. The number of para-hydroxylation sites is 1. The van der Waals surface area contributed by atoms with Gasteiger partial charge in [0.15, 0.2) is 0 Å². The Bertz CT molecular complexity index is 887. The van der Waals surface area contributed by atoms with Gasteiger partial charge in [-0.1, -0.05) is 56.3 Å². The van der Waals surface area contributed by atoms with Crippen LogP contribution in [0.3, 0.4) is 0 Å². The molecule has 4 nitrogen and oxygen atoms in total. The van der Waals surface area contributed by atoms with E-state index in [0.717, 1.165) is 11.1 Å². The normalized spacial score (nSPS) is 11.0. The summed E-state index contributed by atoms with van der Waals surface area (Å²) in [5.41, 5.74) is 2.47. The van der Waals surface area contributed by atoms with Gasteiger partial charge in [-0.3, -0.25) is 5.32 Å². The largest absolute Gasteiger partial charge is 0.508 e. The maximum Gasteiger partial charge on any atom is 0.417 e. The van der Waals surface area contributed by atoms with Crippen molar-refractivity contribution in [3.63, 3.8) is 0 Å². The molecule has 0 fully saturated rings. The molecular weight excluding hydrogens is 326 g/mol. The summed E-state index contributed by atoms with van der Waals surface area (Å²) in [5.74, 6) is 0.740. The molecule has 0 saturated carbocycles. The highest BCUT2D eigenvalue weighted by molar-refractivity contribution is 5.86. The van der Waals surface area contributed by atoms with Gasteiger partial charge >= 0.3 is 6.09 Å². The van der Waals surface area contributed by atoms with E-state index in [1.807, 2.05) is 42.5 Å². The summed E-state index contributed by atoms with van der Waals surface area (Å²) >= 11 is 0. The first-order chi connectivity index (χ1) is 12.4. The molecule has 26 heavy (non-hydrogen) atoms. The zero-order valence-electron chi connectivity index (χ0n) is 14.8. The summed E-state index contributed by atoms with van der Waals surface area (Å²) in [6, 6.07) is 23.8. The van der Waals surface area contributed by atoms with Crippen LogP contribution in [0.1, 0.15) is 25.0 Å². The highest BCUT2D eigenvalue weighted by Gasteiger charge is 2.23. The predicted octanol–water partition coefficient (Wildman–Crippen LogP) is 5.33. The third-order valence-corrected chi connectivity index (χ3v) is 4.37. The molecule has 0 aliphatic heterocycles. The lowest BCUT2D eigenvalue weighted by molar-refractivity contribution is 0.215. The third-order valence-electron chi connectivity index (χ3n) is 4.37. The van der Waals surface area contributed by atoms with Crippen molar-refractivity contribution in [2.75, 3.05) is 5.32 Å². The fraction of sp³-hybridized carbons (Fsp3) is 0.136. The molecule has 3 aromatic rings. The number of ether oxygens (including phenoxy) is 1. The van der Waals surface area contributed by atoms with Crippen LogP contribution in [0.15, 0.2) is 78.9 Å². The van der Waals surface area contributed by atoms with Crippen molar-refractivity contribution in [3.8, 4) is 11.5 Å². The molecule has 0 aliphatic rings. The van der Waals surface area contributed by atoms with E-state index in [-0.39, 0.29) is 11.2 Å². The molecule has 0 heterocycles. The number of phenols is 1. The number of carbonyl (C=O) groups excluding carboxylic acids is 1. The lowest BCUT2D eigenvalue weighted by Crippen LogP contribution is -2.19. The van der Waals surface area contributed by atoms with Gasteiger partial charge in [0.05, 0.1) is 0 Å². The molecule has 0 bridgehead atoms. The van der Waals surface area contributed by atoms with E-state index in [4.69, 9.17) is 4.74 Å². The van der Waals surface area contributed by atoms with Crippen LogP contribution in [-0.4, -0.2) is 11.2 Å². The molecule has 0 aliphatic carbocycles.